The van der Waals surface area contributed by atoms with E-state index >= 15 is 0 Å². The summed E-state index contributed by atoms with van der Waals surface area (Å²) >= 11 is 0. The number of ether oxygens (including phenoxy) is 1. The van der Waals surface area contributed by atoms with Gasteiger partial charge in [-0.2, -0.15) is 10.4 Å². The average molecular weight is 570 g/mol. The van der Waals surface area contributed by atoms with Gasteiger partial charge in [-0.05, 0) is 74.9 Å². The predicted molar refractivity (Wildman–Crippen MR) is 155 cm³/mol. The lowest BCUT2D eigenvalue weighted by molar-refractivity contribution is -0.127. The van der Waals surface area contributed by atoms with Gasteiger partial charge in [0, 0.05) is 42.6 Å². The zero-order valence-corrected chi connectivity index (χ0v) is 24.1. The van der Waals surface area contributed by atoms with E-state index in [0.29, 0.717) is 25.9 Å². The standard InChI is InChI=1S/C33H36FN5O3/c1-21(2)42-32(41)38-17-24(18-38)22-7-9-23(10-8-22)29-19-39(26-13-11-25(34)12-14-26)37-30(29)27-5-3-4-6-28(27)31(40)36-33(20-35)15-16-33/h7-14,19,21,24,27-28H,3-6,15-18H2,1-2H3,(H,36,40)/t27-,28-/m1/s1. The van der Waals surface area contributed by atoms with Crippen molar-refractivity contribution in [1.82, 2.24) is 20.0 Å². The maximum absolute atomic E-state index is 13.7. The highest BCUT2D eigenvalue weighted by atomic mass is 19.1. The maximum Gasteiger partial charge on any atom is 0.410 e. The first-order valence-corrected chi connectivity index (χ1v) is 14.9. The smallest absolute Gasteiger partial charge is 0.410 e. The van der Waals surface area contributed by atoms with Crippen molar-refractivity contribution < 1.29 is 18.7 Å². The molecular formula is C33H36FN5O3. The molecular weight excluding hydrogens is 533 g/mol. The monoisotopic (exact) mass is 569 g/mol. The molecule has 1 aromatic heterocycles. The third-order valence-electron chi connectivity index (χ3n) is 8.78. The van der Waals surface area contributed by atoms with Crippen LogP contribution in [0.25, 0.3) is 16.8 Å². The molecule has 3 fully saturated rings. The molecule has 3 aliphatic rings. The Balaban J connectivity index is 1.28. The first-order valence-electron chi connectivity index (χ1n) is 14.9. The summed E-state index contributed by atoms with van der Waals surface area (Å²) in [5, 5.41) is 17.6. The highest BCUT2D eigenvalue weighted by molar-refractivity contribution is 5.82. The van der Waals surface area contributed by atoms with Crippen molar-refractivity contribution in [2.24, 2.45) is 5.92 Å². The Hall–Kier alpha value is -4.19. The van der Waals surface area contributed by atoms with E-state index in [2.05, 4.69) is 35.7 Å². The van der Waals surface area contributed by atoms with Crippen LogP contribution < -0.4 is 5.32 Å². The second kappa shape index (κ2) is 11.2. The van der Waals surface area contributed by atoms with Crippen LogP contribution in [0.3, 0.4) is 0 Å². The van der Waals surface area contributed by atoms with Crippen molar-refractivity contribution in [1.29, 1.82) is 5.26 Å². The number of benzene rings is 2. The normalized spacial score (nSPS) is 21.4. The van der Waals surface area contributed by atoms with E-state index in [1.54, 1.807) is 21.7 Å². The lowest BCUT2D eigenvalue weighted by Gasteiger charge is -2.39. The number of hydrogen-bond acceptors (Lipinski definition) is 5. The van der Waals surface area contributed by atoms with Gasteiger partial charge >= 0.3 is 6.09 Å². The van der Waals surface area contributed by atoms with Crippen LogP contribution in [-0.4, -0.2) is 51.4 Å². The Morgan fingerprint density at radius 3 is 2.40 bits per heavy atom. The number of amides is 2. The largest absolute Gasteiger partial charge is 0.447 e. The first-order chi connectivity index (χ1) is 20.2. The molecule has 2 atom stereocenters. The van der Waals surface area contributed by atoms with E-state index in [0.717, 1.165) is 53.8 Å². The number of carbonyl (C=O) groups excluding carboxylic acids is 2. The second-order valence-electron chi connectivity index (χ2n) is 12.2. The highest BCUT2D eigenvalue weighted by Gasteiger charge is 2.47. The van der Waals surface area contributed by atoms with Gasteiger partial charge in [-0.3, -0.25) is 4.79 Å². The molecule has 2 heterocycles. The van der Waals surface area contributed by atoms with Crippen LogP contribution in [0.4, 0.5) is 9.18 Å². The summed E-state index contributed by atoms with van der Waals surface area (Å²) < 4.78 is 20.8. The summed E-state index contributed by atoms with van der Waals surface area (Å²) in [6, 6.07) is 16.8. The van der Waals surface area contributed by atoms with Crippen LogP contribution in [0.2, 0.25) is 0 Å². The molecule has 1 N–H and O–H groups in total. The molecule has 8 nitrogen and oxygen atoms in total. The van der Waals surface area contributed by atoms with E-state index in [1.165, 1.54) is 12.1 Å². The van der Waals surface area contributed by atoms with Crippen LogP contribution in [0.5, 0.6) is 0 Å². The SMILES string of the molecule is CC(C)OC(=O)N1CC(c2ccc(-c3cn(-c4ccc(F)cc4)nc3[C@@H]3CCCC[C@H]3C(=O)NC3(C#N)CC3)cc2)C1. The Morgan fingerprint density at radius 2 is 1.76 bits per heavy atom. The number of aromatic nitrogens is 2. The van der Waals surface area contributed by atoms with Crippen molar-refractivity contribution in [2.75, 3.05) is 13.1 Å². The molecule has 42 heavy (non-hydrogen) atoms. The number of halogens is 1. The van der Waals surface area contributed by atoms with Crippen molar-refractivity contribution in [3.63, 3.8) is 0 Å². The summed E-state index contributed by atoms with van der Waals surface area (Å²) in [6.45, 7) is 4.94. The molecule has 0 unspecified atom stereocenters. The number of nitrogens with one attached hydrogen (secondary N) is 1. The van der Waals surface area contributed by atoms with Gasteiger partial charge in [0.1, 0.15) is 11.4 Å². The minimum atomic E-state index is -0.714. The van der Waals surface area contributed by atoms with E-state index in [4.69, 9.17) is 9.84 Å². The number of nitriles is 1. The van der Waals surface area contributed by atoms with Gasteiger partial charge in [-0.1, -0.05) is 37.1 Å². The minimum absolute atomic E-state index is 0.0677. The Kier molecular flexibility index (Phi) is 7.48. The predicted octanol–water partition coefficient (Wildman–Crippen LogP) is 6.07. The summed E-state index contributed by atoms with van der Waals surface area (Å²) in [5.74, 6) is -0.504. The Bertz CT molecular complexity index is 1500. The molecule has 2 saturated carbocycles. The number of carbonyl (C=O) groups is 2. The minimum Gasteiger partial charge on any atom is -0.447 e. The van der Waals surface area contributed by atoms with E-state index in [1.807, 2.05) is 20.0 Å². The molecule has 0 radical (unpaired) electrons. The van der Waals surface area contributed by atoms with Crippen LogP contribution in [0.1, 0.15) is 75.5 Å². The maximum atomic E-state index is 13.7. The summed E-state index contributed by atoms with van der Waals surface area (Å²) in [4.78, 5) is 27.4. The quantitative estimate of drug-likeness (QED) is 0.372. The van der Waals surface area contributed by atoms with Gasteiger partial charge in [0.25, 0.3) is 0 Å². The summed E-state index contributed by atoms with van der Waals surface area (Å²) in [5.41, 5.74) is 3.95. The average Bonchev–Trinajstić information content (AvgIpc) is 3.59. The molecule has 3 aromatic rings. The molecule has 1 aliphatic heterocycles. The molecule has 0 spiro atoms. The van der Waals surface area contributed by atoms with Crippen LogP contribution >= 0.6 is 0 Å². The lowest BCUT2D eigenvalue weighted by Crippen LogP contribution is -2.49. The van der Waals surface area contributed by atoms with Crippen LogP contribution in [0, 0.1) is 23.1 Å². The van der Waals surface area contributed by atoms with Gasteiger partial charge in [0.05, 0.1) is 23.6 Å². The van der Waals surface area contributed by atoms with Crippen molar-refractivity contribution in [3.8, 4) is 22.9 Å². The molecule has 9 heteroatoms. The van der Waals surface area contributed by atoms with Crippen molar-refractivity contribution in [3.05, 3.63) is 71.8 Å². The fourth-order valence-corrected chi connectivity index (χ4v) is 6.15. The molecule has 2 aromatic carbocycles. The number of nitrogens with zero attached hydrogens (tertiary/aromatic N) is 4. The van der Waals surface area contributed by atoms with Crippen molar-refractivity contribution in [2.45, 2.75) is 75.9 Å². The van der Waals surface area contributed by atoms with Gasteiger partial charge in [-0.15, -0.1) is 0 Å². The molecule has 2 aliphatic carbocycles. The Morgan fingerprint density at radius 1 is 1.07 bits per heavy atom. The first kappa shape index (κ1) is 28.0. The zero-order valence-electron chi connectivity index (χ0n) is 24.1. The Labute approximate surface area is 245 Å². The van der Waals surface area contributed by atoms with Crippen LogP contribution in [-0.2, 0) is 9.53 Å². The lowest BCUT2D eigenvalue weighted by atomic mass is 9.75. The molecule has 218 valence electrons. The fraction of sp³-hybridized carbons (Fsp3) is 0.455. The summed E-state index contributed by atoms with van der Waals surface area (Å²) in [6.07, 6.45) is 6.47. The van der Waals surface area contributed by atoms with E-state index in [-0.39, 0.29) is 41.7 Å². The van der Waals surface area contributed by atoms with E-state index < -0.39 is 5.54 Å². The number of likely N-dealkylation sites (tertiary alicyclic amines) is 1. The molecule has 0 bridgehead atoms. The van der Waals surface area contributed by atoms with Crippen LogP contribution in [0.15, 0.2) is 54.7 Å². The fourth-order valence-electron chi connectivity index (χ4n) is 6.15. The van der Waals surface area contributed by atoms with Gasteiger partial charge < -0.3 is 15.0 Å². The molecule has 1 saturated heterocycles. The molecule has 2 amide bonds. The summed E-state index contributed by atoms with van der Waals surface area (Å²) in [7, 11) is 0. The molecule has 6 rings (SSSR count). The zero-order chi connectivity index (χ0) is 29.4. The second-order valence-corrected chi connectivity index (χ2v) is 12.2. The van der Waals surface area contributed by atoms with Crippen molar-refractivity contribution >= 4 is 12.0 Å². The van der Waals surface area contributed by atoms with E-state index in [9.17, 15) is 19.2 Å². The third-order valence-corrected chi connectivity index (χ3v) is 8.78. The highest BCUT2D eigenvalue weighted by Crippen LogP contribution is 2.43. The topological polar surface area (TPSA) is 100 Å². The number of hydrogen-bond donors (Lipinski definition) is 1. The van der Waals surface area contributed by atoms with Gasteiger partial charge in [-0.25, -0.2) is 13.9 Å². The number of rotatable bonds is 7. The third kappa shape index (κ3) is 5.63. The van der Waals surface area contributed by atoms with Gasteiger partial charge in [0.2, 0.25) is 5.91 Å². The van der Waals surface area contributed by atoms with Gasteiger partial charge in [0.15, 0.2) is 0 Å².